The molecule has 5 rings (SSSR count). The fourth-order valence-electron chi connectivity index (χ4n) is 5.02. The summed E-state index contributed by atoms with van der Waals surface area (Å²) in [6.45, 7) is 2.71. The third-order valence-electron chi connectivity index (χ3n) is 6.89. The van der Waals surface area contributed by atoms with Crippen molar-refractivity contribution in [2.24, 2.45) is 0 Å². The molecule has 2 aromatic carbocycles. The number of benzene rings is 2. The van der Waals surface area contributed by atoms with Crippen molar-refractivity contribution < 1.29 is 14.3 Å². The van der Waals surface area contributed by atoms with Crippen molar-refractivity contribution in [2.45, 2.75) is 31.3 Å². The van der Waals surface area contributed by atoms with Crippen LogP contribution in [0.5, 0.6) is 0 Å². The first-order chi connectivity index (χ1) is 16.1. The summed E-state index contributed by atoms with van der Waals surface area (Å²) < 4.78 is 6.14. The van der Waals surface area contributed by atoms with Gasteiger partial charge in [-0.15, -0.1) is 0 Å². The molecule has 6 nitrogen and oxygen atoms in total. The number of rotatable bonds is 4. The summed E-state index contributed by atoms with van der Waals surface area (Å²) in [4.78, 5) is 34.3. The van der Waals surface area contributed by atoms with Crippen LogP contribution in [0.15, 0.2) is 66.9 Å². The molecule has 3 aromatic rings. The molecule has 2 amide bonds. The van der Waals surface area contributed by atoms with Gasteiger partial charge >= 0.3 is 0 Å². The van der Waals surface area contributed by atoms with E-state index in [1.165, 1.54) is 5.56 Å². The monoisotopic (exact) mass is 443 g/mol. The number of nitrogens with zero attached hydrogens (tertiary/aromatic N) is 3. The van der Waals surface area contributed by atoms with Crippen molar-refractivity contribution in [1.29, 1.82) is 0 Å². The first kappa shape index (κ1) is 21.6. The van der Waals surface area contributed by atoms with Gasteiger partial charge in [0.2, 0.25) is 5.91 Å². The van der Waals surface area contributed by atoms with Crippen LogP contribution in [0.2, 0.25) is 0 Å². The van der Waals surface area contributed by atoms with E-state index in [2.05, 4.69) is 17.1 Å². The molecule has 33 heavy (non-hydrogen) atoms. The lowest BCUT2D eigenvalue weighted by Crippen LogP contribution is -2.55. The Morgan fingerprint density at radius 1 is 1.00 bits per heavy atom. The second-order valence-corrected chi connectivity index (χ2v) is 9.05. The number of amides is 2. The van der Waals surface area contributed by atoms with Crippen LogP contribution in [-0.2, 0) is 16.0 Å². The van der Waals surface area contributed by atoms with Crippen LogP contribution in [0, 0.1) is 0 Å². The maximum atomic E-state index is 13.4. The van der Waals surface area contributed by atoms with Gasteiger partial charge in [0.05, 0.1) is 16.7 Å². The molecule has 0 radical (unpaired) electrons. The summed E-state index contributed by atoms with van der Waals surface area (Å²) >= 11 is 0. The van der Waals surface area contributed by atoms with E-state index in [1.54, 1.807) is 6.20 Å². The molecule has 0 N–H and O–H groups in total. The third kappa shape index (κ3) is 4.62. The van der Waals surface area contributed by atoms with Gasteiger partial charge in [0, 0.05) is 37.8 Å². The Labute approximate surface area is 194 Å². The van der Waals surface area contributed by atoms with E-state index in [9.17, 15) is 9.59 Å². The Hall–Kier alpha value is -3.25. The van der Waals surface area contributed by atoms with E-state index >= 15 is 0 Å². The van der Waals surface area contributed by atoms with Crippen LogP contribution < -0.4 is 0 Å². The van der Waals surface area contributed by atoms with Crippen LogP contribution in [0.1, 0.15) is 35.2 Å². The molecule has 2 aliphatic heterocycles. The number of carbonyl (C=O) groups excluding carboxylic acids is 2. The zero-order valence-electron chi connectivity index (χ0n) is 18.8. The lowest BCUT2D eigenvalue weighted by atomic mass is 9.92. The largest absolute Gasteiger partial charge is 0.363 e. The fourth-order valence-corrected chi connectivity index (χ4v) is 5.02. The number of para-hydroxylation sites is 1. The van der Waals surface area contributed by atoms with Crippen LogP contribution in [-0.4, -0.2) is 65.0 Å². The minimum absolute atomic E-state index is 0.0177. The van der Waals surface area contributed by atoms with Gasteiger partial charge in [-0.05, 0) is 43.4 Å². The van der Waals surface area contributed by atoms with E-state index in [0.29, 0.717) is 31.7 Å². The van der Waals surface area contributed by atoms with E-state index in [4.69, 9.17) is 4.74 Å². The number of carbonyl (C=O) groups is 2. The van der Waals surface area contributed by atoms with Gasteiger partial charge in [0.1, 0.15) is 6.61 Å². The first-order valence-electron chi connectivity index (χ1n) is 11.7. The summed E-state index contributed by atoms with van der Waals surface area (Å²) in [5.74, 6) is 0.0692. The van der Waals surface area contributed by atoms with Gasteiger partial charge in [-0.1, -0.05) is 48.5 Å². The van der Waals surface area contributed by atoms with Crippen LogP contribution in [0.4, 0.5) is 0 Å². The minimum atomic E-state index is -0.378. The highest BCUT2D eigenvalue weighted by Crippen LogP contribution is 2.31. The number of aromatic nitrogens is 1. The number of fused-ring (bicyclic) bond motifs is 1. The maximum Gasteiger partial charge on any atom is 0.256 e. The van der Waals surface area contributed by atoms with Crippen LogP contribution in [0.25, 0.3) is 10.9 Å². The zero-order valence-corrected chi connectivity index (χ0v) is 18.8. The SMILES string of the molecule is O=C1COC2(CCCN(C(=O)c3cccc4cccnc34)CC2)CN1CCc1ccccc1. The van der Waals surface area contributed by atoms with Gasteiger partial charge in [-0.2, -0.15) is 0 Å². The van der Waals surface area contributed by atoms with Gasteiger partial charge in [0.25, 0.3) is 5.91 Å². The smallest absolute Gasteiger partial charge is 0.256 e. The van der Waals surface area contributed by atoms with Crippen molar-refractivity contribution in [3.63, 3.8) is 0 Å². The Morgan fingerprint density at radius 2 is 1.85 bits per heavy atom. The van der Waals surface area contributed by atoms with Crippen molar-refractivity contribution in [3.8, 4) is 0 Å². The molecule has 1 aromatic heterocycles. The van der Waals surface area contributed by atoms with Crippen molar-refractivity contribution in [2.75, 3.05) is 32.8 Å². The molecular weight excluding hydrogens is 414 g/mol. The van der Waals surface area contributed by atoms with Gasteiger partial charge in [-0.3, -0.25) is 14.6 Å². The maximum absolute atomic E-state index is 13.4. The molecule has 1 unspecified atom stereocenters. The predicted octanol–water partition coefficient (Wildman–Crippen LogP) is 3.70. The predicted molar refractivity (Wildman–Crippen MR) is 127 cm³/mol. The van der Waals surface area contributed by atoms with Crippen molar-refractivity contribution in [3.05, 3.63) is 78.0 Å². The molecule has 3 heterocycles. The van der Waals surface area contributed by atoms with Gasteiger partial charge < -0.3 is 14.5 Å². The van der Waals surface area contributed by atoms with Crippen molar-refractivity contribution in [1.82, 2.24) is 14.8 Å². The third-order valence-corrected chi connectivity index (χ3v) is 6.89. The van der Waals surface area contributed by atoms with Gasteiger partial charge in [0.15, 0.2) is 0 Å². The number of morpholine rings is 1. The number of ether oxygens (including phenoxy) is 1. The Morgan fingerprint density at radius 3 is 2.73 bits per heavy atom. The molecule has 2 fully saturated rings. The Balaban J connectivity index is 1.27. The quantitative estimate of drug-likeness (QED) is 0.617. The first-order valence-corrected chi connectivity index (χ1v) is 11.7. The summed E-state index contributed by atoms with van der Waals surface area (Å²) in [7, 11) is 0. The van der Waals surface area contributed by atoms with E-state index in [0.717, 1.165) is 36.6 Å². The summed E-state index contributed by atoms with van der Waals surface area (Å²) in [6.07, 6.45) is 4.99. The highest BCUT2D eigenvalue weighted by atomic mass is 16.5. The lowest BCUT2D eigenvalue weighted by molar-refractivity contribution is -0.165. The van der Waals surface area contributed by atoms with Crippen LogP contribution in [0.3, 0.4) is 0 Å². The second-order valence-electron chi connectivity index (χ2n) is 9.05. The molecule has 170 valence electrons. The zero-order chi connectivity index (χ0) is 22.7. The van der Waals surface area contributed by atoms with Crippen LogP contribution >= 0.6 is 0 Å². The molecular formula is C27H29N3O3. The lowest BCUT2D eigenvalue weighted by Gasteiger charge is -2.42. The van der Waals surface area contributed by atoms with Crippen molar-refractivity contribution >= 4 is 22.7 Å². The molecule has 2 saturated heterocycles. The number of pyridine rings is 1. The van der Waals surface area contributed by atoms with E-state index < -0.39 is 0 Å². The Bertz CT molecular complexity index is 1140. The molecule has 0 aliphatic carbocycles. The molecule has 1 atom stereocenters. The minimum Gasteiger partial charge on any atom is -0.363 e. The molecule has 0 saturated carbocycles. The normalized spacial score (nSPS) is 21.4. The van der Waals surface area contributed by atoms with Gasteiger partial charge in [-0.25, -0.2) is 0 Å². The average Bonchev–Trinajstić information content (AvgIpc) is 3.07. The average molecular weight is 444 g/mol. The molecule has 1 spiro atoms. The summed E-state index contributed by atoms with van der Waals surface area (Å²) in [5, 5.41) is 0.970. The highest BCUT2D eigenvalue weighted by Gasteiger charge is 2.41. The summed E-state index contributed by atoms with van der Waals surface area (Å²) in [6, 6.07) is 19.9. The standard InChI is InChI=1S/C27H29N3O3/c31-24-19-33-27(20-30(24)17-12-21-7-2-1-3-8-21)13-6-16-29(18-14-27)26(32)23-11-4-9-22-10-5-15-28-25(22)23/h1-5,7-11,15H,6,12-14,16-20H2. The number of hydrogen-bond acceptors (Lipinski definition) is 4. The molecule has 6 heteroatoms. The summed E-state index contributed by atoms with van der Waals surface area (Å²) in [5.41, 5.74) is 2.24. The van der Waals surface area contributed by atoms with E-state index in [1.807, 2.05) is 58.3 Å². The number of hydrogen-bond donors (Lipinski definition) is 0. The highest BCUT2D eigenvalue weighted by molar-refractivity contribution is 6.05. The topological polar surface area (TPSA) is 62.7 Å². The number of likely N-dealkylation sites (tertiary alicyclic amines) is 1. The Kier molecular flexibility index (Phi) is 6.09. The second kappa shape index (κ2) is 9.32. The molecule has 0 bridgehead atoms. The molecule has 2 aliphatic rings. The van der Waals surface area contributed by atoms with E-state index in [-0.39, 0.29) is 24.0 Å². The fraction of sp³-hybridized carbons (Fsp3) is 0.370.